The van der Waals surface area contributed by atoms with E-state index in [0.29, 0.717) is 40.6 Å². The molecule has 20 heavy (non-hydrogen) atoms. The van der Waals surface area contributed by atoms with E-state index in [2.05, 4.69) is 47.8 Å². The van der Waals surface area contributed by atoms with Crippen molar-refractivity contribution < 1.29 is 14.6 Å². The first-order valence-corrected chi connectivity index (χ1v) is 8.59. The maximum absolute atomic E-state index is 9.20. The Morgan fingerprint density at radius 1 is 1.40 bits per heavy atom. The second-order valence-corrected chi connectivity index (χ2v) is 8.04. The largest absolute Gasteiger partial charge is 0.491 e. The van der Waals surface area contributed by atoms with E-state index in [1.54, 1.807) is 19.1 Å². The lowest BCUT2D eigenvalue weighted by molar-refractivity contribution is 0.155. The molecule has 0 amide bonds. The summed E-state index contributed by atoms with van der Waals surface area (Å²) in [7, 11) is 0. The van der Waals surface area contributed by atoms with Gasteiger partial charge in [0.25, 0.3) is 0 Å². The zero-order valence-electron chi connectivity index (χ0n) is 10.7. The van der Waals surface area contributed by atoms with E-state index in [-0.39, 0.29) is 0 Å². The topological polar surface area (TPSA) is 38.7 Å². The highest BCUT2D eigenvalue weighted by Crippen LogP contribution is 2.37. The highest BCUT2D eigenvalue weighted by Gasteiger charge is 2.10. The Kier molecular flexibility index (Phi) is 8.51. The van der Waals surface area contributed by atoms with Gasteiger partial charge in [-0.25, -0.2) is 0 Å². The zero-order chi connectivity index (χ0) is 15.1. The molecule has 1 rings (SSSR count). The van der Waals surface area contributed by atoms with E-state index < -0.39 is 6.10 Å². The summed E-state index contributed by atoms with van der Waals surface area (Å²) in [6.07, 6.45) is 1.98. The molecule has 1 aromatic carbocycles. The number of ether oxygens (including phenoxy) is 2. The van der Waals surface area contributed by atoms with Gasteiger partial charge >= 0.3 is 0 Å². The molecule has 1 unspecified atom stereocenters. The average Bonchev–Trinajstić information content (AvgIpc) is 2.32. The molecule has 7 heteroatoms. The van der Waals surface area contributed by atoms with Crippen molar-refractivity contribution >= 4 is 59.4 Å². The molecule has 1 N–H and O–H groups in total. The van der Waals surface area contributed by atoms with Gasteiger partial charge in [0.05, 0.1) is 25.6 Å². The minimum atomic E-state index is -0.398. The lowest BCUT2D eigenvalue weighted by atomic mass is 10.3. The highest BCUT2D eigenvalue weighted by atomic mass is 79.9. The van der Waals surface area contributed by atoms with Crippen LogP contribution in [0.4, 0.5) is 0 Å². The second kappa shape index (κ2) is 9.30. The van der Waals surface area contributed by atoms with Gasteiger partial charge in [0.2, 0.25) is 0 Å². The first-order valence-electron chi connectivity index (χ1n) is 5.84. The third-order valence-electron chi connectivity index (χ3n) is 2.24. The van der Waals surface area contributed by atoms with E-state index in [0.717, 1.165) is 3.39 Å². The number of aliphatic hydroxyl groups is 1. The normalized spacial score (nSPS) is 11.9. The van der Waals surface area contributed by atoms with Gasteiger partial charge in [0, 0.05) is 12.5 Å². The van der Waals surface area contributed by atoms with Gasteiger partial charge in [0.15, 0.2) is 5.75 Å². The summed E-state index contributed by atoms with van der Waals surface area (Å²) < 4.78 is 12.6. The number of hydrogen-bond acceptors (Lipinski definition) is 3. The van der Waals surface area contributed by atoms with Crippen LogP contribution in [0.2, 0.25) is 5.02 Å². The number of hydrogen-bond donors (Lipinski definition) is 1. The average molecular weight is 493 g/mol. The number of halogens is 4. The standard InChI is InChI=1S/C13H14Br3ClO3/c1-8(18)2-4-20-13-10(14)6-9(7-11(13)17)19-5-3-12(15)16/h3,6-8,18H,2,4-5H2,1H3. The summed E-state index contributed by atoms with van der Waals surface area (Å²) >= 11 is 16.1. The Morgan fingerprint density at radius 3 is 2.65 bits per heavy atom. The minimum absolute atomic E-state index is 0.398. The fraction of sp³-hybridized carbons (Fsp3) is 0.385. The van der Waals surface area contributed by atoms with Crippen LogP contribution in [-0.4, -0.2) is 24.4 Å². The second-order valence-electron chi connectivity index (χ2n) is 4.01. The molecule has 3 nitrogen and oxygen atoms in total. The molecule has 0 heterocycles. The first kappa shape index (κ1) is 18.3. The van der Waals surface area contributed by atoms with Crippen molar-refractivity contribution in [3.8, 4) is 11.5 Å². The summed E-state index contributed by atoms with van der Waals surface area (Å²) in [5.74, 6) is 1.19. The Balaban J connectivity index is 2.68. The van der Waals surface area contributed by atoms with Crippen molar-refractivity contribution in [1.82, 2.24) is 0 Å². The first-order chi connectivity index (χ1) is 9.40. The van der Waals surface area contributed by atoms with Crippen molar-refractivity contribution in [3.05, 3.63) is 31.1 Å². The van der Waals surface area contributed by atoms with Crippen LogP contribution in [-0.2, 0) is 0 Å². The molecule has 0 aliphatic heterocycles. The van der Waals surface area contributed by atoms with Crippen molar-refractivity contribution in [2.75, 3.05) is 13.2 Å². The van der Waals surface area contributed by atoms with Crippen LogP contribution in [0.1, 0.15) is 13.3 Å². The summed E-state index contributed by atoms with van der Waals surface area (Å²) in [4.78, 5) is 0. The monoisotopic (exact) mass is 490 g/mol. The maximum Gasteiger partial charge on any atom is 0.152 e. The quantitative estimate of drug-likeness (QED) is 0.563. The smallest absolute Gasteiger partial charge is 0.152 e. The van der Waals surface area contributed by atoms with Gasteiger partial charge in [-0.2, -0.15) is 0 Å². The van der Waals surface area contributed by atoms with Crippen molar-refractivity contribution in [3.63, 3.8) is 0 Å². The molecule has 0 bridgehead atoms. The van der Waals surface area contributed by atoms with E-state index in [4.69, 9.17) is 21.1 Å². The van der Waals surface area contributed by atoms with Gasteiger partial charge in [-0.1, -0.05) is 11.6 Å². The summed E-state index contributed by atoms with van der Waals surface area (Å²) in [5, 5.41) is 9.66. The van der Waals surface area contributed by atoms with Gasteiger partial charge < -0.3 is 14.6 Å². The van der Waals surface area contributed by atoms with E-state index >= 15 is 0 Å². The summed E-state index contributed by atoms with van der Waals surface area (Å²) in [6.45, 7) is 2.53. The van der Waals surface area contributed by atoms with Crippen molar-refractivity contribution in [1.29, 1.82) is 0 Å². The molecule has 0 saturated heterocycles. The molecule has 1 atom stereocenters. The molecule has 0 aliphatic carbocycles. The Bertz CT molecular complexity index is 451. The van der Waals surface area contributed by atoms with Crippen LogP contribution >= 0.6 is 59.4 Å². The van der Waals surface area contributed by atoms with Crippen molar-refractivity contribution in [2.24, 2.45) is 0 Å². The number of rotatable bonds is 7. The highest BCUT2D eigenvalue weighted by molar-refractivity contribution is 9.28. The van der Waals surface area contributed by atoms with Crippen LogP contribution in [0.5, 0.6) is 11.5 Å². The van der Waals surface area contributed by atoms with E-state index in [9.17, 15) is 5.11 Å². The molecule has 0 fully saturated rings. The van der Waals surface area contributed by atoms with E-state index in [1.165, 1.54) is 0 Å². The minimum Gasteiger partial charge on any atom is -0.491 e. The summed E-state index contributed by atoms with van der Waals surface area (Å²) in [5.41, 5.74) is 0. The predicted molar refractivity (Wildman–Crippen MR) is 92.4 cm³/mol. The molecule has 0 aliphatic rings. The maximum atomic E-state index is 9.20. The number of benzene rings is 1. The fourth-order valence-electron chi connectivity index (χ4n) is 1.29. The van der Waals surface area contributed by atoms with Gasteiger partial charge in [0.1, 0.15) is 12.4 Å². The lowest BCUT2D eigenvalue weighted by Crippen LogP contribution is -2.08. The molecule has 1 aromatic rings. The van der Waals surface area contributed by atoms with Crippen LogP contribution in [0.15, 0.2) is 26.1 Å². The lowest BCUT2D eigenvalue weighted by Gasteiger charge is -2.13. The molecule has 112 valence electrons. The van der Waals surface area contributed by atoms with Crippen LogP contribution in [0.3, 0.4) is 0 Å². The Hall–Kier alpha value is 0.250. The van der Waals surface area contributed by atoms with Gasteiger partial charge in [-0.15, -0.1) is 0 Å². The third-order valence-corrected chi connectivity index (χ3v) is 3.76. The molecular weight excluding hydrogens is 479 g/mol. The summed E-state index contributed by atoms with van der Waals surface area (Å²) in [6, 6.07) is 3.49. The van der Waals surface area contributed by atoms with E-state index in [1.807, 2.05) is 6.08 Å². The van der Waals surface area contributed by atoms with Crippen LogP contribution < -0.4 is 9.47 Å². The molecular formula is C13H14Br3ClO3. The zero-order valence-corrected chi connectivity index (χ0v) is 16.2. The molecule has 0 aromatic heterocycles. The predicted octanol–water partition coefficient (Wildman–Crippen LogP) is 5.26. The molecule has 0 spiro atoms. The Morgan fingerprint density at radius 2 is 2.10 bits per heavy atom. The van der Waals surface area contributed by atoms with Crippen molar-refractivity contribution in [2.45, 2.75) is 19.4 Å². The number of aliphatic hydroxyl groups excluding tert-OH is 1. The van der Waals surface area contributed by atoms with Crippen LogP contribution in [0, 0.1) is 0 Å². The third kappa shape index (κ3) is 6.80. The van der Waals surface area contributed by atoms with Gasteiger partial charge in [-0.05, 0) is 66.9 Å². The SMILES string of the molecule is CC(O)CCOc1c(Cl)cc(OCC=C(Br)Br)cc1Br. The molecule has 0 radical (unpaired) electrons. The van der Waals surface area contributed by atoms with Crippen LogP contribution in [0.25, 0.3) is 0 Å². The Labute approximate surface area is 148 Å². The van der Waals surface area contributed by atoms with Gasteiger partial charge in [-0.3, -0.25) is 0 Å². The molecule has 0 saturated carbocycles. The fourth-order valence-corrected chi connectivity index (χ4v) is 2.49.